The maximum atomic E-state index is 9.91. The van der Waals surface area contributed by atoms with E-state index in [-0.39, 0.29) is 5.60 Å². The fraction of sp³-hybridized carbons (Fsp3) is 0.538. The Kier molecular flexibility index (Phi) is 1.72. The Morgan fingerprint density at radius 1 is 1.29 bits per heavy atom. The molecule has 0 bridgehead atoms. The third-order valence-corrected chi connectivity index (χ3v) is 3.71. The number of fused-ring (bicyclic) bond motifs is 1. The van der Waals surface area contributed by atoms with Gasteiger partial charge in [-0.2, -0.15) is 0 Å². The zero-order chi connectivity index (χ0) is 9.60. The molecule has 0 saturated heterocycles. The van der Waals surface area contributed by atoms with Crippen molar-refractivity contribution in [3.05, 3.63) is 35.4 Å². The van der Waals surface area contributed by atoms with Gasteiger partial charge in [0.15, 0.2) is 0 Å². The minimum Gasteiger partial charge on any atom is -0.390 e. The molecule has 1 unspecified atom stereocenters. The summed E-state index contributed by atoms with van der Waals surface area (Å²) < 4.78 is 0. The fourth-order valence-corrected chi connectivity index (χ4v) is 2.66. The van der Waals surface area contributed by atoms with Crippen molar-refractivity contribution in [2.75, 3.05) is 0 Å². The molecule has 1 N–H and O–H groups in total. The molecule has 1 aromatic rings. The van der Waals surface area contributed by atoms with Crippen LogP contribution in [0.15, 0.2) is 24.3 Å². The van der Waals surface area contributed by atoms with Crippen molar-refractivity contribution in [3.63, 3.8) is 0 Å². The van der Waals surface area contributed by atoms with Crippen molar-refractivity contribution >= 4 is 0 Å². The Balaban J connectivity index is 1.83. The maximum Gasteiger partial charge on any atom is 0.0655 e. The van der Waals surface area contributed by atoms with Gasteiger partial charge in [0.2, 0.25) is 0 Å². The molecule has 2 aliphatic rings. The average Bonchev–Trinajstić information content (AvgIpc) is 2.77. The first-order valence-corrected chi connectivity index (χ1v) is 5.57. The Morgan fingerprint density at radius 3 is 2.86 bits per heavy atom. The number of aryl methyl sites for hydroxylation is 1. The Labute approximate surface area is 84.8 Å². The second kappa shape index (κ2) is 2.83. The molecule has 2 aliphatic carbocycles. The van der Waals surface area contributed by atoms with Crippen LogP contribution in [0.3, 0.4) is 0 Å². The van der Waals surface area contributed by atoms with Gasteiger partial charge in [-0.15, -0.1) is 0 Å². The van der Waals surface area contributed by atoms with Gasteiger partial charge in [-0.05, 0) is 49.1 Å². The normalized spacial score (nSPS) is 27.4. The predicted molar refractivity (Wildman–Crippen MR) is 56.3 cm³/mol. The summed E-state index contributed by atoms with van der Waals surface area (Å²) >= 11 is 0. The summed E-state index contributed by atoms with van der Waals surface area (Å²) in [6.07, 6.45) is 5.47. The summed E-state index contributed by atoms with van der Waals surface area (Å²) in [7, 11) is 0. The Bertz CT molecular complexity index is 352. The third kappa shape index (κ3) is 1.36. The summed E-state index contributed by atoms with van der Waals surface area (Å²) in [5, 5.41) is 9.91. The zero-order valence-corrected chi connectivity index (χ0v) is 8.37. The molecule has 1 saturated carbocycles. The molecular weight excluding hydrogens is 172 g/mol. The quantitative estimate of drug-likeness (QED) is 0.756. The first kappa shape index (κ1) is 8.49. The van der Waals surface area contributed by atoms with Gasteiger partial charge in [0.05, 0.1) is 5.60 Å². The molecule has 1 fully saturated rings. The predicted octanol–water partition coefficient (Wildman–Crippen LogP) is 2.63. The molecule has 0 aliphatic heterocycles. The van der Waals surface area contributed by atoms with Crippen molar-refractivity contribution in [1.29, 1.82) is 0 Å². The summed E-state index contributed by atoms with van der Waals surface area (Å²) in [6, 6.07) is 8.70. The first-order valence-electron chi connectivity index (χ1n) is 5.57. The summed E-state index contributed by atoms with van der Waals surface area (Å²) in [5.41, 5.74) is 2.71. The van der Waals surface area contributed by atoms with Crippen molar-refractivity contribution in [2.45, 2.75) is 43.6 Å². The highest BCUT2D eigenvalue weighted by Gasteiger charge is 2.43. The highest BCUT2D eigenvalue weighted by molar-refractivity contribution is 5.35. The molecular formula is C13H16O. The number of aliphatic hydroxyl groups is 1. The first-order chi connectivity index (χ1) is 6.77. The van der Waals surface area contributed by atoms with E-state index in [9.17, 15) is 5.11 Å². The third-order valence-electron chi connectivity index (χ3n) is 3.71. The topological polar surface area (TPSA) is 20.2 Å². The van der Waals surface area contributed by atoms with E-state index in [0.29, 0.717) is 5.92 Å². The molecule has 0 amide bonds. The van der Waals surface area contributed by atoms with Gasteiger partial charge >= 0.3 is 0 Å². The lowest BCUT2D eigenvalue weighted by Gasteiger charge is -2.15. The lowest BCUT2D eigenvalue weighted by atomic mass is 9.94. The molecule has 1 atom stereocenters. The fourth-order valence-electron chi connectivity index (χ4n) is 2.66. The SMILES string of the molecule is OC1(CC2CCc3ccccc32)CC1. The van der Waals surface area contributed by atoms with Gasteiger partial charge < -0.3 is 5.11 Å². The van der Waals surface area contributed by atoms with Crippen molar-refractivity contribution in [2.24, 2.45) is 0 Å². The minimum atomic E-state index is -0.290. The molecule has 14 heavy (non-hydrogen) atoms. The van der Waals surface area contributed by atoms with Crippen LogP contribution in [0, 0.1) is 0 Å². The largest absolute Gasteiger partial charge is 0.390 e. The highest BCUT2D eigenvalue weighted by atomic mass is 16.3. The molecule has 0 aromatic heterocycles. The van der Waals surface area contributed by atoms with E-state index < -0.39 is 0 Å². The number of rotatable bonds is 2. The Hall–Kier alpha value is -0.820. The summed E-state index contributed by atoms with van der Waals surface area (Å²) in [6.45, 7) is 0. The molecule has 0 heterocycles. The van der Waals surface area contributed by atoms with Crippen LogP contribution in [0.4, 0.5) is 0 Å². The number of hydrogen-bond donors (Lipinski definition) is 1. The lowest BCUT2D eigenvalue weighted by Crippen LogP contribution is -2.11. The van der Waals surface area contributed by atoms with Crippen LogP contribution < -0.4 is 0 Å². The second-order valence-corrected chi connectivity index (χ2v) is 4.86. The standard InChI is InChI=1S/C13H16O/c14-13(7-8-13)9-11-6-5-10-3-1-2-4-12(10)11/h1-4,11,14H,5-9H2. The van der Waals surface area contributed by atoms with Gasteiger partial charge in [-0.1, -0.05) is 24.3 Å². The van der Waals surface area contributed by atoms with Gasteiger partial charge in [-0.3, -0.25) is 0 Å². The van der Waals surface area contributed by atoms with Crippen LogP contribution in [0.2, 0.25) is 0 Å². The van der Waals surface area contributed by atoms with Crippen molar-refractivity contribution < 1.29 is 5.11 Å². The average molecular weight is 188 g/mol. The van der Waals surface area contributed by atoms with Gasteiger partial charge in [0.1, 0.15) is 0 Å². The zero-order valence-electron chi connectivity index (χ0n) is 8.37. The molecule has 0 spiro atoms. The van der Waals surface area contributed by atoms with Gasteiger partial charge in [0, 0.05) is 0 Å². The van der Waals surface area contributed by atoms with E-state index in [0.717, 1.165) is 19.3 Å². The highest BCUT2D eigenvalue weighted by Crippen LogP contribution is 2.47. The van der Waals surface area contributed by atoms with Gasteiger partial charge in [0.25, 0.3) is 0 Å². The van der Waals surface area contributed by atoms with Gasteiger partial charge in [-0.25, -0.2) is 0 Å². The smallest absolute Gasteiger partial charge is 0.0655 e. The van der Waals surface area contributed by atoms with Crippen LogP contribution in [0.5, 0.6) is 0 Å². The Morgan fingerprint density at radius 2 is 2.07 bits per heavy atom. The molecule has 1 aromatic carbocycles. The van der Waals surface area contributed by atoms with Crippen LogP contribution in [-0.2, 0) is 6.42 Å². The van der Waals surface area contributed by atoms with E-state index in [1.807, 2.05) is 0 Å². The van der Waals surface area contributed by atoms with Crippen molar-refractivity contribution in [1.82, 2.24) is 0 Å². The van der Waals surface area contributed by atoms with Crippen molar-refractivity contribution in [3.8, 4) is 0 Å². The number of benzene rings is 1. The van der Waals surface area contributed by atoms with Crippen LogP contribution in [-0.4, -0.2) is 10.7 Å². The molecule has 74 valence electrons. The summed E-state index contributed by atoms with van der Waals surface area (Å²) in [5.74, 6) is 0.624. The van der Waals surface area contributed by atoms with E-state index in [2.05, 4.69) is 24.3 Å². The molecule has 0 radical (unpaired) electrons. The van der Waals surface area contributed by atoms with E-state index in [4.69, 9.17) is 0 Å². The van der Waals surface area contributed by atoms with Crippen LogP contribution >= 0.6 is 0 Å². The number of hydrogen-bond acceptors (Lipinski definition) is 1. The molecule has 1 nitrogen and oxygen atoms in total. The maximum absolute atomic E-state index is 9.91. The van der Waals surface area contributed by atoms with E-state index in [1.54, 1.807) is 0 Å². The summed E-state index contributed by atoms with van der Waals surface area (Å²) in [4.78, 5) is 0. The van der Waals surface area contributed by atoms with Crippen LogP contribution in [0.25, 0.3) is 0 Å². The monoisotopic (exact) mass is 188 g/mol. The minimum absolute atomic E-state index is 0.290. The van der Waals surface area contributed by atoms with E-state index >= 15 is 0 Å². The van der Waals surface area contributed by atoms with Crippen LogP contribution in [0.1, 0.15) is 42.7 Å². The molecule has 3 rings (SSSR count). The van der Waals surface area contributed by atoms with E-state index in [1.165, 1.54) is 24.0 Å². The molecule has 1 heteroatoms. The lowest BCUT2D eigenvalue weighted by molar-refractivity contribution is 0.130. The second-order valence-electron chi connectivity index (χ2n) is 4.86.